The van der Waals surface area contributed by atoms with Crippen molar-refractivity contribution >= 4 is 11.6 Å². The molecule has 0 aromatic heterocycles. The summed E-state index contributed by atoms with van der Waals surface area (Å²) in [5.74, 6) is 5.84. The molecule has 1 saturated carbocycles. The van der Waals surface area contributed by atoms with E-state index >= 15 is 0 Å². The van der Waals surface area contributed by atoms with Crippen LogP contribution in [0, 0.1) is 0 Å². The van der Waals surface area contributed by atoms with Gasteiger partial charge < -0.3 is 4.90 Å². The Hall–Kier alpha value is -0.610. The molecule has 18 heavy (non-hydrogen) atoms. The van der Waals surface area contributed by atoms with E-state index in [4.69, 9.17) is 17.4 Å². The molecule has 0 amide bonds. The Labute approximate surface area is 114 Å². The minimum absolute atomic E-state index is 0.114. The predicted octanol–water partition coefficient (Wildman–Crippen LogP) is 2.72. The van der Waals surface area contributed by atoms with Crippen molar-refractivity contribution in [2.75, 3.05) is 14.1 Å². The summed E-state index contributed by atoms with van der Waals surface area (Å²) < 4.78 is 0. The van der Waals surface area contributed by atoms with Crippen molar-refractivity contribution in [2.24, 2.45) is 5.84 Å². The largest absolute Gasteiger partial charge is 0.302 e. The Morgan fingerprint density at radius 3 is 2.22 bits per heavy atom. The molecule has 2 rings (SSSR count). The number of likely N-dealkylation sites (N-methyl/N-ethyl adjacent to an activating group) is 1. The molecule has 1 fully saturated rings. The molecule has 0 radical (unpaired) electrons. The van der Waals surface area contributed by atoms with Crippen molar-refractivity contribution in [1.82, 2.24) is 10.3 Å². The van der Waals surface area contributed by atoms with Crippen molar-refractivity contribution in [3.63, 3.8) is 0 Å². The van der Waals surface area contributed by atoms with Gasteiger partial charge in [-0.15, -0.1) is 0 Å². The summed E-state index contributed by atoms with van der Waals surface area (Å²) >= 11 is 5.95. The summed E-state index contributed by atoms with van der Waals surface area (Å²) in [5, 5.41) is 0.764. The average Bonchev–Trinajstić information content (AvgIpc) is 2.83. The zero-order valence-electron chi connectivity index (χ0n) is 11.1. The Morgan fingerprint density at radius 1 is 1.22 bits per heavy atom. The molecule has 1 aromatic rings. The van der Waals surface area contributed by atoms with Crippen LogP contribution in [0.1, 0.15) is 37.3 Å². The summed E-state index contributed by atoms with van der Waals surface area (Å²) in [6, 6.07) is 8.14. The third kappa shape index (κ3) is 2.41. The summed E-state index contributed by atoms with van der Waals surface area (Å²) in [5.41, 5.74) is 4.34. The smallest absolute Gasteiger partial charge is 0.0643 e. The van der Waals surface area contributed by atoms with Crippen LogP contribution in [0.25, 0.3) is 0 Å². The number of rotatable bonds is 4. The Balaban J connectivity index is 2.34. The monoisotopic (exact) mass is 267 g/mol. The first-order chi connectivity index (χ1) is 8.60. The first-order valence-electron chi connectivity index (χ1n) is 6.49. The maximum atomic E-state index is 5.95. The normalized spacial score (nSPS) is 20.3. The Kier molecular flexibility index (Phi) is 4.28. The molecule has 1 aliphatic carbocycles. The number of hydrazine groups is 1. The van der Waals surface area contributed by atoms with E-state index in [1.165, 1.54) is 31.2 Å². The first kappa shape index (κ1) is 13.8. The highest BCUT2D eigenvalue weighted by molar-refractivity contribution is 6.30. The van der Waals surface area contributed by atoms with Gasteiger partial charge in [0.05, 0.1) is 6.04 Å². The van der Waals surface area contributed by atoms with Gasteiger partial charge in [-0.1, -0.05) is 36.6 Å². The lowest BCUT2D eigenvalue weighted by atomic mass is 9.83. The summed E-state index contributed by atoms with van der Waals surface area (Å²) in [6.45, 7) is 0. The fraction of sp³-hybridized carbons (Fsp3) is 0.571. The second-order valence-corrected chi connectivity index (χ2v) is 5.79. The second-order valence-electron chi connectivity index (χ2n) is 5.36. The van der Waals surface area contributed by atoms with E-state index in [-0.39, 0.29) is 11.6 Å². The number of nitrogens with two attached hydrogens (primary N) is 1. The highest BCUT2D eigenvalue weighted by atomic mass is 35.5. The van der Waals surface area contributed by atoms with Gasteiger partial charge in [0.2, 0.25) is 0 Å². The molecule has 1 atom stereocenters. The van der Waals surface area contributed by atoms with Crippen LogP contribution in [0.15, 0.2) is 24.3 Å². The van der Waals surface area contributed by atoms with Crippen LogP contribution in [0.4, 0.5) is 0 Å². The zero-order valence-corrected chi connectivity index (χ0v) is 11.9. The lowest BCUT2D eigenvalue weighted by Crippen LogP contribution is -2.53. The van der Waals surface area contributed by atoms with Crippen molar-refractivity contribution < 1.29 is 0 Å². The van der Waals surface area contributed by atoms with E-state index < -0.39 is 0 Å². The fourth-order valence-corrected chi connectivity index (χ4v) is 3.32. The molecule has 0 bridgehead atoms. The SMILES string of the molecule is CN(C)C1(C(NN)c2ccc(Cl)cc2)CCCC1. The van der Waals surface area contributed by atoms with E-state index in [2.05, 4.69) is 36.6 Å². The summed E-state index contributed by atoms with van der Waals surface area (Å²) in [6.07, 6.45) is 4.89. The van der Waals surface area contributed by atoms with Gasteiger partial charge in [-0.3, -0.25) is 11.3 Å². The quantitative estimate of drug-likeness (QED) is 0.651. The highest BCUT2D eigenvalue weighted by Gasteiger charge is 2.43. The minimum Gasteiger partial charge on any atom is -0.302 e. The number of nitrogens with zero attached hydrogens (tertiary/aromatic N) is 1. The number of hydrogen-bond donors (Lipinski definition) is 2. The fourth-order valence-electron chi connectivity index (χ4n) is 3.20. The Bertz CT molecular complexity index is 383. The molecule has 1 aliphatic rings. The van der Waals surface area contributed by atoms with Gasteiger partial charge in [0.15, 0.2) is 0 Å². The highest BCUT2D eigenvalue weighted by Crippen LogP contribution is 2.43. The van der Waals surface area contributed by atoms with Gasteiger partial charge in [-0.2, -0.15) is 0 Å². The third-order valence-electron chi connectivity index (χ3n) is 4.27. The molecule has 1 unspecified atom stereocenters. The molecule has 0 spiro atoms. The van der Waals surface area contributed by atoms with Gasteiger partial charge in [-0.05, 0) is 44.6 Å². The lowest BCUT2D eigenvalue weighted by Gasteiger charge is -2.43. The van der Waals surface area contributed by atoms with E-state index in [0.717, 1.165) is 5.02 Å². The molecule has 4 heteroatoms. The van der Waals surface area contributed by atoms with Crippen LogP contribution in [-0.4, -0.2) is 24.5 Å². The van der Waals surface area contributed by atoms with Crippen LogP contribution < -0.4 is 11.3 Å². The van der Waals surface area contributed by atoms with Gasteiger partial charge >= 0.3 is 0 Å². The molecule has 100 valence electrons. The van der Waals surface area contributed by atoms with Gasteiger partial charge in [-0.25, -0.2) is 0 Å². The van der Waals surface area contributed by atoms with E-state index in [9.17, 15) is 0 Å². The van der Waals surface area contributed by atoms with E-state index in [1.54, 1.807) is 0 Å². The molecule has 1 aromatic carbocycles. The maximum Gasteiger partial charge on any atom is 0.0643 e. The third-order valence-corrected chi connectivity index (χ3v) is 4.52. The Morgan fingerprint density at radius 2 is 1.78 bits per heavy atom. The molecule has 3 N–H and O–H groups in total. The van der Waals surface area contributed by atoms with Gasteiger partial charge in [0, 0.05) is 10.6 Å². The summed E-state index contributed by atoms with van der Waals surface area (Å²) in [7, 11) is 4.29. The lowest BCUT2D eigenvalue weighted by molar-refractivity contribution is 0.105. The van der Waals surface area contributed by atoms with Crippen LogP contribution in [-0.2, 0) is 0 Å². The van der Waals surface area contributed by atoms with Crippen LogP contribution >= 0.6 is 11.6 Å². The molecular formula is C14H22ClN3. The van der Waals surface area contributed by atoms with E-state index in [1.807, 2.05) is 12.1 Å². The number of halogens is 1. The number of nitrogens with one attached hydrogen (secondary N) is 1. The minimum atomic E-state index is 0.114. The second kappa shape index (κ2) is 5.57. The zero-order chi connectivity index (χ0) is 13.2. The van der Waals surface area contributed by atoms with Crippen LogP contribution in [0.2, 0.25) is 5.02 Å². The van der Waals surface area contributed by atoms with Crippen molar-refractivity contribution in [3.05, 3.63) is 34.9 Å². The van der Waals surface area contributed by atoms with Crippen LogP contribution in [0.5, 0.6) is 0 Å². The van der Waals surface area contributed by atoms with Gasteiger partial charge in [0.1, 0.15) is 0 Å². The number of benzene rings is 1. The number of hydrogen-bond acceptors (Lipinski definition) is 3. The molecule has 0 aliphatic heterocycles. The molecule has 0 heterocycles. The average molecular weight is 268 g/mol. The molecule has 0 saturated heterocycles. The van der Waals surface area contributed by atoms with Crippen molar-refractivity contribution in [3.8, 4) is 0 Å². The standard InChI is InChI=1S/C14H22ClN3/c1-18(2)14(9-3-4-10-14)13(17-16)11-5-7-12(15)8-6-11/h5-8,13,17H,3-4,9-10,16H2,1-2H3. The van der Waals surface area contributed by atoms with Crippen molar-refractivity contribution in [2.45, 2.75) is 37.3 Å². The predicted molar refractivity (Wildman–Crippen MR) is 76.4 cm³/mol. The topological polar surface area (TPSA) is 41.3 Å². The van der Waals surface area contributed by atoms with E-state index in [0.29, 0.717) is 0 Å². The molecular weight excluding hydrogens is 246 g/mol. The van der Waals surface area contributed by atoms with Gasteiger partial charge in [0.25, 0.3) is 0 Å². The first-order valence-corrected chi connectivity index (χ1v) is 6.87. The van der Waals surface area contributed by atoms with Crippen molar-refractivity contribution in [1.29, 1.82) is 0 Å². The molecule has 3 nitrogen and oxygen atoms in total. The van der Waals surface area contributed by atoms with Crippen LogP contribution in [0.3, 0.4) is 0 Å². The summed E-state index contributed by atoms with van der Waals surface area (Å²) in [4.78, 5) is 2.32. The maximum absolute atomic E-state index is 5.95.